The molecule has 0 N–H and O–H groups in total. The lowest BCUT2D eigenvalue weighted by molar-refractivity contribution is -0.128. The molecule has 0 saturated carbocycles. The molecule has 0 bridgehead atoms. The summed E-state index contributed by atoms with van der Waals surface area (Å²) in [4.78, 5) is 19.0. The largest absolute Gasteiger partial charge is 0.486 e. The van der Waals surface area contributed by atoms with E-state index in [0.717, 1.165) is 36.3 Å². The molecule has 0 fully saturated rings. The number of benzene rings is 1. The minimum Gasteiger partial charge on any atom is -0.486 e. The normalized spacial score (nSPS) is 16.8. The van der Waals surface area contributed by atoms with E-state index in [4.69, 9.17) is 9.47 Å². The lowest BCUT2D eigenvalue weighted by atomic mass is 10.0. The summed E-state index contributed by atoms with van der Waals surface area (Å²) in [6.07, 6.45) is 2.81. The molecule has 6 nitrogen and oxygen atoms in total. The van der Waals surface area contributed by atoms with Gasteiger partial charge in [-0.3, -0.25) is 4.79 Å². The number of fused-ring (bicyclic) bond motifs is 2. The molecule has 29 heavy (non-hydrogen) atoms. The van der Waals surface area contributed by atoms with Gasteiger partial charge in [0.1, 0.15) is 17.7 Å². The Hall–Kier alpha value is -2.72. The van der Waals surface area contributed by atoms with Crippen LogP contribution in [0, 0.1) is 18.3 Å². The molecule has 1 amide bonds. The summed E-state index contributed by atoms with van der Waals surface area (Å²) < 4.78 is 11.7. The second kappa shape index (κ2) is 8.34. The Labute approximate surface area is 174 Å². The van der Waals surface area contributed by atoms with Crippen molar-refractivity contribution in [1.82, 2.24) is 9.88 Å². The molecular formula is C22H23N3O3S. The van der Waals surface area contributed by atoms with Gasteiger partial charge in [0.25, 0.3) is 0 Å². The lowest BCUT2D eigenvalue weighted by Gasteiger charge is -2.29. The van der Waals surface area contributed by atoms with Crippen molar-refractivity contribution in [2.75, 3.05) is 26.0 Å². The molecule has 1 unspecified atom stereocenters. The quantitative estimate of drug-likeness (QED) is 0.706. The molecular weight excluding hydrogens is 386 g/mol. The van der Waals surface area contributed by atoms with Crippen molar-refractivity contribution in [3.05, 3.63) is 46.6 Å². The fourth-order valence-electron chi connectivity index (χ4n) is 3.78. The molecule has 150 valence electrons. The van der Waals surface area contributed by atoms with E-state index < -0.39 is 0 Å². The molecule has 1 aromatic heterocycles. The van der Waals surface area contributed by atoms with Crippen molar-refractivity contribution in [3.63, 3.8) is 0 Å². The Balaban J connectivity index is 1.37. The molecule has 0 saturated heterocycles. The summed E-state index contributed by atoms with van der Waals surface area (Å²) in [7, 11) is 1.76. The number of nitriles is 1. The van der Waals surface area contributed by atoms with E-state index in [9.17, 15) is 10.1 Å². The zero-order valence-electron chi connectivity index (χ0n) is 16.6. The predicted octanol–water partition coefficient (Wildman–Crippen LogP) is 3.14. The van der Waals surface area contributed by atoms with E-state index in [1.165, 1.54) is 17.3 Å². The third-order valence-corrected chi connectivity index (χ3v) is 6.34. The summed E-state index contributed by atoms with van der Waals surface area (Å²) in [6, 6.07) is 9.81. The van der Waals surface area contributed by atoms with Crippen LogP contribution >= 0.6 is 11.8 Å². The average Bonchev–Trinajstić information content (AvgIpc) is 3.21. The van der Waals surface area contributed by atoms with Crippen molar-refractivity contribution in [2.45, 2.75) is 37.3 Å². The molecule has 0 spiro atoms. The highest BCUT2D eigenvalue weighted by Crippen LogP contribution is 2.32. The molecule has 2 heterocycles. The highest BCUT2D eigenvalue weighted by Gasteiger charge is 2.25. The van der Waals surface area contributed by atoms with Gasteiger partial charge in [0.05, 0.1) is 17.9 Å². The Kier molecular flexibility index (Phi) is 5.63. The Morgan fingerprint density at radius 3 is 2.93 bits per heavy atom. The van der Waals surface area contributed by atoms with Gasteiger partial charge in [-0.2, -0.15) is 5.26 Å². The standard InChI is InChI=1S/C22H23N3O3S/c1-14-16-6-5-7-18(16)24-22(17(14)10-23)29-13-21(26)25(2)11-15-12-27-19-8-3-4-9-20(19)28-15/h3-4,8-9,15H,5-7,11-13H2,1-2H3. The number of carbonyl (C=O) groups is 1. The number of aromatic nitrogens is 1. The second-order valence-electron chi connectivity index (χ2n) is 7.37. The van der Waals surface area contributed by atoms with Crippen LogP contribution in [0.5, 0.6) is 11.5 Å². The fraction of sp³-hybridized carbons (Fsp3) is 0.409. The molecule has 1 aliphatic heterocycles. The maximum Gasteiger partial charge on any atom is 0.232 e. The average molecular weight is 410 g/mol. The van der Waals surface area contributed by atoms with Crippen LogP contribution in [0.1, 0.15) is 28.8 Å². The molecule has 2 aliphatic rings. The minimum absolute atomic E-state index is 0.0266. The number of amides is 1. The lowest BCUT2D eigenvalue weighted by Crippen LogP contribution is -2.42. The Morgan fingerprint density at radius 1 is 1.34 bits per heavy atom. The van der Waals surface area contributed by atoms with Crippen molar-refractivity contribution in [2.24, 2.45) is 0 Å². The number of rotatable bonds is 5. The maximum atomic E-state index is 12.7. The van der Waals surface area contributed by atoms with Gasteiger partial charge >= 0.3 is 0 Å². The monoisotopic (exact) mass is 409 g/mol. The smallest absolute Gasteiger partial charge is 0.232 e. The third-order valence-electron chi connectivity index (χ3n) is 5.38. The fourth-order valence-corrected chi connectivity index (χ4v) is 4.78. The summed E-state index contributed by atoms with van der Waals surface area (Å²) in [5.41, 5.74) is 3.91. The number of nitrogens with zero attached hydrogens (tertiary/aromatic N) is 3. The number of thioether (sulfide) groups is 1. The van der Waals surface area contributed by atoms with Crippen LogP contribution in [0.25, 0.3) is 0 Å². The minimum atomic E-state index is -0.209. The first-order valence-corrected chi connectivity index (χ1v) is 10.7. The topological polar surface area (TPSA) is 75.5 Å². The Bertz CT molecular complexity index is 986. The van der Waals surface area contributed by atoms with Gasteiger partial charge < -0.3 is 14.4 Å². The summed E-state index contributed by atoms with van der Waals surface area (Å²) in [5.74, 6) is 1.65. The van der Waals surface area contributed by atoms with E-state index in [1.54, 1.807) is 11.9 Å². The molecule has 2 aromatic rings. The zero-order valence-corrected chi connectivity index (χ0v) is 17.4. The van der Waals surface area contributed by atoms with E-state index in [2.05, 4.69) is 11.1 Å². The van der Waals surface area contributed by atoms with Crippen molar-refractivity contribution in [1.29, 1.82) is 5.26 Å². The number of aryl methyl sites for hydroxylation is 1. The number of pyridine rings is 1. The van der Waals surface area contributed by atoms with Crippen molar-refractivity contribution < 1.29 is 14.3 Å². The zero-order chi connectivity index (χ0) is 20.4. The van der Waals surface area contributed by atoms with Gasteiger partial charge in [-0.15, -0.1) is 0 Å². The van der Waals surface area contributed by atoms with Crippen molar-refractivity contribution in [3.8, 4) is 17.6 Å². The van der Waals surface area contributed by atoms with Gasteiger partial charge in [-0.05, 0) is 49.4 Å². The van der Waals surface area contributed by atoms with E-state index >= 15 is 0 Å². The summed E-state index contributed by atoms with van der Waals surface area (Å²) in [6.45, 7) is 2.84. The summed E-state index contributed by atoms with van der Waals surface area (Å²) in [5, 5.41) is 10.2. The number of likely N-dealkylation sites (N-methyl/N-ethyl adjacent to an activating group) is 1. The van der Waals surface area contributed by atoms with Crippen LogP contribution in [0.15, 0.2) is 29.3 Å². The molecule has 1 aliphatic carbocycles. The van der Waals surface area contributed by atoms with Crippen molar-refractivity contribution >= 4 is 17.7 Å². The number of hydrogen-bond acceptors (Lipinski definition) is 6. The molecule has 4 rings (SSSR count). The van der Waals surface area contributed by atoms with Gasteiger partial charge in [0, 0.05) is 12.7 Å². The van der Waals surface area contributed by atoms with Gasteiger partial charge in [-0.25, -0.2) is 4.98 Å². The highest BCUT2D eigenvalue weighted by molar-refractivity contribution is 8.00. The van der Waals surface area contributed by atoms with Gasteiger partial charge in [-0.1, -0.05) is 23.9 Å². The predicted molar refractivity (Wildman–Crippen MR) is 110 cm³/mol. The highest BCUT2D eigenvalue weighted by atomic mass is 32.2. The van der Waals surface area contributed by atoms with E-state index in [1.807, 2.05) is 31.2 Å². The van der Waals surface area contributed by atoms with Crippen LogP contribution in [-0.4, -0.2) is 47.8 Å². The van der Waals surface area contributed by atoms with Crippen LogP contribution in [0.2, 0.25) is 0 Å². The van der Waals surface area contributed by atoms with Crippen LogP contribution < -0.4 is 9.47 Å². The van der Waals surface area contributed by atoms with E-state index in [0.29, 0.717) is 29.5 Å². The molecule has 1 aromatic carbocycles. The van der Waals surface area contributed by atoms with E-state index in [-0.39, 0.29) is 17.8 Å². The number of ether oxygens (including phenoxy) is 2. The first kappa shape index (κ1) is 19.6. The van der Waals surface area contributed by atoms with Gasteiger partial charge in [0.15, 0.2) is 17.6 Å². The van der Waals surface area contributed by atoms with Gasteiger partial charge in [0.2, 0.25) is 5.91 Å². The maximum absolute atomic E-state index is 12.7. The second-order valence-corrected chi connectivity index (χ2v) is 8.33. The Morgan fingerprint density at radius 2 is 2.14 bits per heavy atom. The number of carbonyl (C=O) groups excluding carboxylic acids is 1. The van der Waals surface area contributed by atoms with Crippen LogP contribution in [-0.2, 0) is 17.6 Å². The third kappa shape index (κ3) is 4.03. The van der Waals surface area contributed by atoms with Crippen LogP contribution in [0.3, 0.4) is 0 Å². The van der Waals surface area contributed by atoms with Crippen LogP contribution in [0.4, 0.5) is 0 Å². The molecule has 1 atom stereocenters. The SMILES string of the molecule is Cc1c(C#N)c(SCC(=O)N(C)CC2COc3ccccc3O2)nc2c1CCC2. The number of hydrogen-bond donors (Lipinski definition) is 0. The first-order chi connectivity index (χ1) is 14.1. The molecule has 7 heteroatoms. The molecule has 0 radical (unpaired) electrons. The first-order valence-electron chi connectivity index (χ1n) is 9.74. The number of para-hydroxylation sites is 2. The summed E-state index contributed by atoms with van der Waals surface area (Å²) >= 11 is 1.34.